The molecule has 0 aliphatic carbocycles. The molecule has 1 aliphatic rings. The number of rotatable bonds is 4. The van der Waals surface area contributed by atoms with Gasteiger partial charge in [-0.3, -0.25) is 9.59 Å². The van der Waals surface area contributed by atoms with E-state index in [-0.39, 0.29) is 16.5 Å². The number of nitrogens with zero attached hydrogens (tertiary/aromatic N) is 1. The highest BCUT2D eigenvalue weighted by Gasteiger charge is 2.40. The van der Waals surface area contributed by atoms with E-state index in [0.29, 0.717) is 11.5 Å². The van der Waals surface area contributed by atoms with E-state index in [0.717, 1.165) is 10.8 Å². The fourth-order valence-electron chi connectivity index (χ4n) is 2.93. The van der Waals surface area contributed by atoms with Crippen LogP contribution in [0.5, 0.6) is 0 Å². The summed E-state index contributed by atoms with van der Waals surface area (Å²) in [5.41, 5.74) is 0.429. The van der Waals surface area contributed by atoms with Crippen molar-refractivity contribution in [3.63, 3.8) is 0 Å². The minimum atomic E-state index is -0.614. The van der Waals surface area contributed by atoms with E-state index in [9.17, 15) is 14.4 Å². The molecule has 2 aromatic carbocycles. The van der Waals surface area contributed by atoms with Crippen molar-refractivity contribution in [1.82, 2.24) is 5.06 Å². The maximum absolute atomic E-state index is 12.6. The number of amides is 2. The molecule has 3 rings (SSSR count). The van der Waals surface area contributed by atoms with Crippen LogP contribution in [0.15, 0.2) is 48.6 Å². The summed E-state index contributed by atoms with van der Waals surface area (Å²) in [5, 5.41) is 2.29. The summed E-state index contributed by atoms with van der Waals surface area (Å²) in [7, 11) is 0. The Morgan fingerprint density at radius 2 is 1.59 bits per heavy atom. The molecule has 0 bridgehead atoms. The third-order valence-corrected chi connectivity index (χ3v) is 4.47. The van der Waals surface area contributed by atoms with E-state index in [4.69, 9.17) is 4.84 Å². The first-order chi connectivity index (χ1) is 12.7. The van der Waals surface area contributed by atoms with Crippen LogP contribution in [-0.2, 0) is 9.63 Å². The lowest BCUT2D eigenvalue weighted by atomic mass is 9.93. The van der Waals surface area contributed by atoms with E-state index in [1.807, 2.05) is 58.0 Å². The average Bonchev–Trinajstić information content (AvgIpc) is 2.84. The molecule has 140 valence electrons. The number of hydrogen-bond donors (Lipinski definition) is 0. The van der Waals surface area contributed by atoms with Crippen molar-refractivity contribution in [1.29, 1.82) is 0 Å². The van der Waals surface area contributed by atoms with Gasteiger partial charge in [0.1, 0.15) is 0 Å². The van der Waals surface area contributed by atoms with Crippen LogP contribution in [0.1, 0.15) is 54.8 Å². The molecule has 0 spiro atoms. The highest BCUT2D eigenvalue weighted by Crippen LogP contribution is 2.29. The standard InChI is InChI=1S/C22H23NO4/c1-5-14(10-11-22(2,3)4)21(26)27-23-19(24)17-12-15-8-6-7-9-16(15)13-18(17)20(23)25/h6-14H,5H2,1-4H3/b11-10+. The van der Waals surface area contributed by atoms with E-state index in [2.05, 4.69) is 0 Å². The number of carbonyl (C=O) groups excluding carboxylic acids is 3. The third kappa shape index (κ3) is 3.77. The van der Waals surface area contributed by atoms with Gasteiger partial charge in [0.25, 0.3) is 11.8 Å². The Kier molecular flexibility index (Phi) is 4.87. The topological polar surface area (TPSA) is 63.7 Å². The largest absolute Gasteiger partial charge is 0.339 e. The summed E-state index contributed by atoms with van der Waals surface area (Å²) in [6.07, 6.45) is 4.21. The average molecular weight is 365 g/mol. The molecule has 0 saturated heterocycles. The second kappa shape index (κ2) is 6.99. The second-order valence-electron chi connectivity index (χ2n) is 7.80. The Morgan fingerprint density at radius 3 is 2.04 bits per heavy atom. The van der Waals surface area contributed by atoms with Gasteiger partial charge in [-0.15, -0.1) is 0 Å². The minimum absolute atomic E-state index is 0.0800. The smallest absolute Gasteiger partial charge is 0.329 e. The molecule has 1 heterocycles. The molecule has 1 unspecified atom stereocenters. The molecular weight excluding hydrogens is 342 g/mol. The highest BCUT2D eigenvalue weighted by molar-refractivity contribution is 6.22. The van der Waals surface area contributed by atoms with Gasteiger partial charge in [-0.2, -0.15) is 0 Å². The predicted octanol–water partition coefficient (Wildman–Crippen LogP) is 4.52. The monoisotopic (exact) mass is 365 g/mol. The summed E-state index contributed by atoms with van der Waals surface area (Å²) >= 11 is 0. The molecular formula is C22H23NO4. The fourth-order valence-corrected chi connectivity index (χ4v) is 2.93. The lowest BCUT2D eigenvalue weighted by Gasteiger charge is -2.17. The molecule has 5 heteroatoms. The lowest BCUT2D eigenvalue weighted by molar-refractivity contribution is -0.172. The number of benzene rings is 2. The van der Waals surface area contributed by atoms with Crippen LogP contribution in [0.3, 0.4) is 0 Å². The Balaban J connectivity index is 1.84. The van der Waals surface area contributed by atoms with Crippen LogP contribution in [0, 0.1) is 11.3 Å². The summed E-state index contributed by atoms with van der Waals surface area (Å²) in [6.45, 7) is 7.93. The Hall–Kier alpha value is -2.95. The normalized spacial score (nSPS) is 15.5. The minimum Gasteiger partial charge on any atom is -0.329 e. The zero-order valence-corrected chi connectivity index (χ0v) is 16.0. The number of hydrogen-bond acceptors (Lipinski definition) is 4. The van der Waals surface area contributed by atoms with E-state index in [1.165, 1.54) is 0 Å². The Bertz CT molecular complexity index is 898. The lowest BCUT2D eigenvalue weighted by Crippen LogP contribution is -2.34. The van der Waals surface area contributed by atoms with Crippen LogP contribution >= 0.6 is 0 Å². The van der Waals surface area contributed by atoms with Gasteiger partial charge in [0.05, 0.1) is 17.0 Å². The number of fused-ring (bicyclic) bond motifs is 2. The number of imide groups is 1. The van der Waals surface area contributed by atoms with Crippen molar-refractivity contribution in [2.75, 3.05) is 0 Å². The maximum atomic E-state index is 12.6. The van der Waals surface area contributed by atoms with Gasteiger partial charge < -0.3 is 4.84 Å². The highest BCUT2D eigenvalue weighted by atomic mass is 16.7. The first-order valence-corrected chi connectivity index (χ1v) is 9.04. The first kappa shape index (κ1) is 18.8. The number of carbonyl (C=O) groups is 3. The molecule has 27 heavy (non-hydrogen) atoms. The molecule has 2 aromatic rings. The third-order valence-electron chi connectivity index (χ3n) is 4.47. The summed E-state index contributed by atoms with van der Waals surface area (Å²) in [4.78, 5) is 43.0. The predicted molar refractivity (Wildman–Crippen MR) is 103 cm³/mol. The second-order valence-corrected chi connectivity index (χ2v) is 7.80. The van der Waals surface area contributed by atoms with Gasteiger partial charge in [-0.05, 0) is 34.7 Å². The van der Waals surface area contributed by atoms with Gasteiger partial charge in [0, 0.05) is 0 Å². The molecule has 5 nitrogen and oxygen atoms in total. The van der Waals surface area contributed by atoms with Crippen LogP contribution in [-0.4, -0.2) is 22.8 Å². The van der Waals surface area contributed by atoms with E-state index >= 15 is 0 Å². The zero-order chi connectivity index (χ0) is 19.8. The number of hydroxylamine groups is 2. The van der Waals surface area contributed by atoms with Crippen molar-refractivity contribution in [3.05, 3.63) is 59.7 Å². The van der Waals surface area contributed by atoms with Crippen LogP contribution < -0.4 is 0 Å². The fraction of sp³-hybridized carbons (Fsp3) is 0.318. The maximum Gasteiger partial charge on any atom is 0.339 e. The van der Waals surface area contributed by atoms with Gasteiger partial charge in [0.2, 0.25) is 0 Å². The van der Waals surface area contributed by atoms with E-state index < -0.39 is 23.7 Å². The van der Waals surface area contributed by atoms with Crippen molar-refractivity contribution in [2.45, 2.75) is 34.1 Å². The van der Waals surface area contributed by atoms with Crippen LogP contribution in [0.2, 0.25) is 0 Å². The summed E-state index contributed by atoms with van der Waals surface area (Å²) < 4.78 is 0. The zero-order valence-electron chi connectivity index (χ0n) is 16.0. The van der Waals surface area contributed by atoms with Crippen LogP contribution in [0.4, 0.5) is 0 Å². The van der Waals surface area contributed by atoms with Gasteiger partial charge in [-0.1, -0.05) is 69.2 Å². The summed E-state index contributed by atoms with van der Waals surface area (Å²) in [6, 6.07) is 10.8. The number of allylic oxidation sites excluding steroid dienone is 1. The van der Waals surface area contributed by atoms with Crippen molar-refractivity contribution in [2.24, 2.45) is 11.3 Å². The van der Waals surface area contributed by atoms with Crippen molar-refractivity contribution >= 4 is 28.6 Å². The van der Waals surface area contributed by atoms with Crippen molar-refractivity contribution in [3.8, 4) is 0 Å². The molecule has 0 N–H and O–H groups in total. The van der Waals surface area contributed by atoms with Crippen molar-refractivity contribution < 1.29 is 19.2 Å². The molecule has 0 radical (unpaired) electrons. The molecule has 1 aliphatic heterocycles. The molecule has 0 aromatic heterocycles. The SMILES string of the molecule is CCC(/C=C/C(C)(C)C)C(=O)ON1C(=O)c2cc3ccccc3cc2C1=O. The summed E-state index contributed by atoms with van der Waals surface area (Å²) in [5.74, 6) is -2.35. The Morgan fingerprint density at radius 1 is 1.07 bits per heavy atom. The first-order valence-electron chi connectivity index (χ1n) is 9.04. The van der Waals surface area contributed by atoms with E-state index in [1.54, 1.807) is 18.2 Å². The van der Waals surface area contributed by atoms with Gasteiger partial charge >= 0.3 is 5.97 Å². The molecule has 0 saturated carbocycles. The molecule has 1 atom stereocenters. The van der Waals surface area contributed by atoms with Gasteiger partial charge in [0.15, 0.2) is 0 Å². The quantitative estimate of drug-likeness (QED) is 0.590. The molecule has 2 amide bonds. The Labute approximate surface area is 158 Å². The molecule has 0 fully saturated rings. The van der Waals surface area contributed by atoms with Gasteiger partial charge in [-0.25, -0.2) is 4.79 Å². The van der Waals surface area contributed by atoms with Crippen LogP contribution in [0.25, 0.3) is 10.8 Å².